The molecule has 1 N–H and O–H groups in total. The Hall–Kier alpha value is -1.56. The van der Waals surface area contributed by atoms with Crippen LogP contribution < -0.4 is 10.2 Å². The first-order valence-electron chi connectivity index (χ1n) is 7.20. The lowest BCUT2D eigenvalue weighted by molar-refractivity contribution is -0.137. The number of piperidine rings is 1. The fourth-order valence-corrected chi connectivity index (χ4v) is 2.65. The first-order chi connectivity index (χ1) is 9.95. The number of carbonyl (C=O) groups is 1. The Labute approximate surface area is 121 Å². The molecule has 1 unspecified atom stereocenters. The Morgan fingerprint density at radius 3 is 2.33 bits per heavy atom. The van der Waals surface area contributed by atoms with Crippen LogP contribution in [0, 0.1) is 0 Å². The van der Waals surface area contributed by atoms with E-state index >= 15 is 0 Å². The first-order valence-corrected chi connectivity index (χ1v) is 7.20. The van der Waals surface area contributed by atoms with Crippen molar-refractivity contribution in [2.75, 3.05) is 11.4 Å². The third kappa shape index (κ3) is 3.20. The lowest BCUT2D eigenvalue weighted by Gasteiger charge is -2.33. The van der Waals surface area contributed by atoms with Crippen molar-refractivity contribution < 1.29 is 18.0 Å². The van der Waals surface area contributed by atoms with Crippen LogP contribution in [0.4, 0.5) is 18.9 Å². The lowest BCUT2D eigenvalue weighted by Crippen LogP contribution is -2.51. The number of halogens is 3. The second-order valence-corrected chi connectivity index (χ2v) is 5.67. The molecule has 6 heteroatoms. The summed E-state index contributed by atoms with van der Waals surface area (Å²) in [6, 6.07) is 5.04. The van der Waals surface area contributed by atoms with Gasteiger partial charge < -0.3 is 10.2 Å². The molecule has 0 aromatic heterocycles. The summed E-state index contributed by atoms with van der Waals surface area (Å²) in [5.74, 6) is -0.0343. The third-order valence-corrected chi connectivity index (χ3v) is 3.96. The van der Waals surface area contributed by atoms with Gasteiger partial charge in [0, 0.05) is 18.3 Å². The summed E-state index contributed by atoms with van der Waals surface area (Å²) in [6.45, 7) is 0.563. The van der Waals surface area contributed by atoms with Crippen molar-refractivity contribution in [1.29, 1.82) is 0 Å². The topological polar surface area (TPSA) is 32.3 Å². The zero-order valence-electron chi connectivity index (χ0n) is 11.5. The van der Waals surface area contributed by atoms with Gasteiger partial charge in [-0.2, -0.15) is 13.2 Å². The smallest absolute Gasteiger partial charge is 0.311 e. The molecule has 114 valence electrons. The van der Waals surface area contributed by atoms with Gasteiger partial charge in [-0.1, -0.05) is 0 Å². The van der Waals surface area contributed by atoms with Crippen LogP contribution in [0.3, 0.4) is 0 Å². The van der Waals surface area contributed by atoms with Crippen molar-refractivity contribution in [1.82, 2.24) is 5.32 Å². The number of nitrogens with zero attached hydrogens (tertiary/aromatic N) is 1. The summed E-state index contributed by atoms with van der Waals surface area (Å²) in [7, 11) is 0. The van der Waals surface area contributed by atoms with E-state index in [-0.39, 0.29) is 11.9 Å². The van der Waals surface area contributed by atoms with Crippen LogP contribution in [-0.2, 0) is 11.0 Å². The van der Waals surface area contributed by atoms with Crippen molar-refractivity contribution >= 4 is 11.6 Å². The van der Waals surface area contributed by atoms with Crippen molar-refractivity contribution in [3.05, 3.63) is 29.8 Å². The predicted molar refractivity (Wildman–Crippen MR) is 73.0 cm³/mol. The van der Waals surface area contributed by atoms with E-state index in [9.17, 15) is 18.0 Å². The minimum atomic E-state index is -4.35. The zero-order chi connectivity index (χ0) is 15.0. The molecule has 1 aliphatic carbocycles. The van der Waals surface area contributed by atoms with E-state index < -0.39 is 11.7 Å². The molecule has 1 saturated heterocycles. The summed E-state index contributed by atoms with van der Waals surface area (Å²) in [5.41, 5.74) is -0.154. The molecule has 1 aliphatic heterocycles. The molecule has 0 spiro atoms. The quantitative estimate of drug-likeness (QED) is 0.930. The molecule has 3 rings (SSSR count). The van der Waals surface area contributed by atoms with Gasteiger partial charge in [0.2, 0.25) is 5.91 Å². The highest BCUT2D eigenvalue weighted by Crippen LogP contribution is 2.31. The normalized spacial score (nSPS) is 23.5. The number of nitrogens with one attached hydrogen (secondary N) is 1. The van der Waals surface area contributed by atoms with Crippen molar-refractivity contribution in [3.63, 3.8) is 0 Å². The molecule has 1 aromatic carbocycles. The fraction of sp³-hybridized carbons (Fsp3) is 0.533. The van der Waals surface area contributed by atoms with E-state index in [1.165, 1.54) is 12.1 Å². The fourth-order valence-electron chi connectivity index (χ4n) is 2.65. The van der Waals surface area contributed by atoms with Crippen LogP contribution in [0.1, 0.15) is 31.2 Å². The van der Waals surface area contributed by atoms with Crippen LogP contribution >= 0.6 is 0 Å². The number of hydrogen-bond acceptors (Lipinski definition) is 2. The van der Waals surface area contributed by atoms with Gasteiger partial charge in [0.1, 0.15) is 0 Å². The van der Waals surface area contributed by atoms with Gasteiger partial charge in [0.15, 0.2) is 0 Å². The Kier molecular flexibility index (Phi) is 3.65. The van der Waals surface area contributed by atoms with Gasteiger partial charge >= 0.3 is 6.18 Å². The monoisotopic (exact) mass is 298 g/mol. The van der Waals surface area contributed by atoms with E-state index in [2.05, 4.69) is 5.32 Å². The average Bonchev–Trinajstić information content (AvgIpc) is 3.24. The number of rotatable bonds is 3. The van der Waals surface area contributed by atoms with Crippen LogP contribution in [0.25, 0.3) is 0 Å². The van der Waals surface area contributed by atoms with E-state index in [0.717, 1.165) is 37.8 Å². The van der Waals surface area contributed by atoms with Crippen molar-refractivity contribution in [2.24, 2.45) is 0 Å². The zero-order valence-corrected chi connectivity index (χ0v) is 11.5. The van der Waals surface area contributed by atoms with Gasteiger partial charge in [-0.25, -0.2) is 0 Å². The lowest BCUT2D eigenvalue weighted by atomic mass is 10.0. The first kappa shape index (κ1) is 14.4. The maximum atomic E-state index is 12.6. The summed E-state index contributed by atoms with van der Waals surface area (Å²) >= 11 is 0. The Morgan fingerprint density at radius 2 is 1.76 bits per heavy atom. The number of amides is 1. The highest BCUT2D eigenvalue weighted by molar-refractivity contribution is 5.98. The number of benzene rings is 1. The maximum Gasteiger partial charge on any atom is 0.416 e. The SMILES string of the molecule is O=C1C(NC2CC2)CCCN1c1ccc(C(F)(F)F)cc1. The Morgan fingerprint density at radius 1 is 1.10 bits per heavy atom. The molecule has 1 saturated carbocycles. The standard InChI is InChI=1S/C15H17F3N2O/c16-15(17,18)10-3-7-12(8-4-10)20-9-1-2-13(14(20)21)19-11-5-6-11/h3-4,7-8,11,13,19H,1-2,5-6,9H2. The molecule has 2 fully saturated rings. The molecule has 1 amide bonds. The van der Waals surface area contributed by atoms with Crippen LogP contribution in [0.5, 0.6) is 0 Å². The molecule has 21 heavy (non-hydrogen) atoms. The second kappa shape index (κ2) is 5.33. The van der Waals surface area contributed by atoms with Gasteiger partial charge in [-0.15, -0.1) is 0 Å². The molecular weight excluding hydrogens is 281 g/mol. The summed E-state index contributed by atoms with van der Waals surface area (Å²) in [6.07, 6.45) is -0.488. The van der Waals surface area contributed by atoms with E-state index in [0.29, 0.717) is 18.3 Å². The van der Waals surface area contributed by atoms with Crippen LogP contribution in [0.15, 0.2) is 24.3 Å². The van der Waals surface area contributed by atoms with Crippen molar-refractivity contribution in [3.8, 4) is 0 Å². The Bertz CT molecular complexity index is 523. The summed E-state index contributed by atoms with van der Waals surface area (Å²) < 4.78 is 37.7. The maximum absolute atomic E-state index is 12.6. The molecule has 0 radical (unpaired) electrons. The summed E-state index contributed by atoms with van der Waals surface area (Å²) in [4.78, 5) is 14.0. The molecule has 3 nitrogen and oxygen atoms in total. The van der Waals surface area contributed by atoms with Gasteiger partial charge in [-0.05, 0) is 49.9 Å². The van der Waals surface area contributed by atoms with Gasteiger partial charge in [0.25, 0.3) is 0 Å². The molecule has 2 aliphatic rings. The van der Waals surface area contributed by atoms with E-state index in [1.54, 1.807) is 4.90 Å². The van der Waals surface area contributed by atoms with E-state index in [4.69, 9.17) is 0 Å². The van der Waals surface area contributed by atoms with Gasteiger partial charge in [-0.3, -0.25) is 4.79 Å². The third-order valence-electron chi connectivity index (χ3n) is 3.96. The van der Waals surface area contributed by atoms with Gasteiger partial charge in [0.05, 0.1) is 11.6 Å². The largest absolute Gasteiger partial charge is 0.416 e. The summed E-state index contributed by atoms with van der Waals surface area (Å²) in [5, 5.41) is 3.31. The molecule has 0 bridgehead atoms. The highest BCUT2D eigenvalue weighted by Gasteiger charge is 2.34. The number of carbonyl (C=O) groups excluding carboxylic acids is 1. The highest BCUT2D eigenvalue weighted by atomic mass is 19.4. The van der Waals surface area contributed by atoms with Crippen molar-refractivity contribution in [2.45, 2.75) is 43.9 Å². The molecule has 1 aromatic rings. The minimum absolute atomic E-state index is 0.0343. The van der Waals surface area contributed by atoms with E-state index in [1.807, 2.05) is 0 Å². The molecular formula is C15H17F3N2O. The molecule has 1 atom stereocenters. The molecule has 1 heterocycles. The Balaban J connectivity index is 1.74. The minimum Gasteiger partial charge on any atom is -0.311 e. The predicted octanol–water partition coefficient (Wildman–Crippen LogP) is 2.95. The van der Waals surface area contributed by atoms with Crippen LogP contribution in [-0.4, -0.2) is 24.5 Å². The number of hydrogen-bond donors (Lipinski definition) is 1. The average molecular weight is 298 g/mol. The number of alkyl halides is 3. The van der Waals surface area contributed by atoms with Crippen LogP contribution in [0.2, 0.25) is 0 Å². The second-order valence-electron chi connectivity index (χ2n) is 5.67. The number of anilines is 1.